The van der Waals surface area contributed by atoms with Gasteiger partial charge in [-0.25, -0.2) is 8.78 Å². The van der Waals surface area contributed by atoms with Gasteiger partial charge in [-0.05, 0) is 50.8 Å². The van der Waals surface area contributed by atoms with Crippen LogP contribution in [0.5, 0.6) is 5.75 Å². The molecule has 8 nitrogen and oxygen atoms in total. The van der Waals surface area contributed by atoms with E-state index >= 15 is 0 Å². The van der Waals surface area contributed by atoms with Gasteiger partial charge in [0.05, 0.1) is 17.8 Å². The minimum absolute atomic E-state index is 0.0261. The molecule has 0 spiro atoms. The molecule has 2 aliphatic rings. The van der Waals surface area contributed by atoms with Crippen LogP contribution in [0.2, 0.25) is 0 Å². The maximum Gasteiger partial charge on any atom is 0.267 e. The fourth-order valence-electron chi connectivity index (χ4n) is 6.12. The molecule has 2 aliphatic heterocycles. The molecule has 0 bridgehead atoms. The molecule has 6 rings (SSSR count). The van der Waals surface area contributed by atoms with Crippen molar-refractivity contribution in [1.29, 1.82) is 0 Å². The number of carbonyl (C=O) groups excluding carboxylic acids is 1. The average molecular weight is 567 g/mol. The molecule has 0 unspecified atom stereocenters. The number of nitrogens with one attached hydrogen (secondary N) is 2. The number of furan rings is 1. The lowest BCUT2D eigenvalue weighted by atomic mass is 10.0. The number of aromatic nitrogens is 1. The van der Waals surface area contributed by atoms with E-state index in [-0.39, 0.29) is 35.6 Å². The number of hydrogen-bond donors (Lipinski definition) is 3. The van der Waals surface area contributed by atoms with Gasteiger partial charge in [0.25, 0.3) is 5.91 Å². The number of carbonyl (C=O) groups is 1. The normalized spacial score (nSPS) is 18.7. The highest BCUT2D eigenvalue weighted by molar-refractivity contribution is 5.99. The molecule has 2 fully saturated rings. The highest BCUT2D eigenvalue weighted by Gasteiger charge is 2.26. The minimum Gasteiger partial charge on any atom is -0.488 e. The van der Waals surface area contributed by atoms with Crippen LogP contribution in [0.25, 0.3) is 21.9 Å². The lowest BCUT2D eigenvalue weighted by molar-refractivity contribution is 0.0497. The summed E-state index contributed by atoms with van der Waals surface area (Å²) in [5.74, 6) is -1.01. The number of piperidine rings is 2. The maximum absolute atomic E-state index is 14.4. The zero-order valence-corrected chi connectivity index (χ0v) is 23.2. The number of nitrogens with zero attached hydrogens (tertiary/aromatic N) is 2. The Morgan fingerprint density at radius 2 is 1.93 bits per heavy atom. The second-order valence-electron chi connectivity index (χ2n) is 11.4. The number of halogens is 2. The van der Waals surface area contributed by atoms with Crippen molar-refractivity contribution in [2.45, 2.75) is 57.4 Å². The maximum atomic E-state index is 14.4. The Morgan fingerprint density at radius 3 is 2.71 bits per heavy atom. The molecule has 41 heavy (non-hydrogen) atoms. The average Bonchev–Trinajstić information content (AvgIpc) is 3.58. The highest BCUT2D eigenvalue weighted by atomic mass is 19.1. The summed E-state index contributed by atoms with van der Waals surface area (Å²) >= 11 is 0. The van der Waals surface area contributed by atoms with E-state index in [1.165, 1.54) is 6.26 Å². The van der Waals surface area contributed by atoms with E-state index in [9.17, 15) is 18.7 Å². The molecule has 0 aliphatic carbocycles. The van der Waals surface area contributed by atoms with Crippen molar-refractivity contribution in [2.75, 3.05) is 32.7 Å². The Hall–Kier alpha value is -3.47. The number of rotatable bonds is 8. The first-order chi connectivity index (χ1) is 19.8. The monoisotopic (exact) mass is 566 g/mol. The van der Waals surface area contributed by atoms with Crippen LogP contribution in [0.1, 0.15) is 48.7 Å². The number of aliphatic hydroxyl groups excluding tert-OH is 1. The Labute approximate surface area is 237 Å². The van der Waals surface area contributed by atoms with E-state index in [1.54, 1.807) is 12.1 Å². The van der Waals surface area contributed by atoms with Crippen LogP contribution in [-0.4, -0.2) is 76.7 Å². The first-order valence-corrected chi connectivity index (χ1v) is 14.4. The largest absolute Gasteiger partial charge is 0.488 e. The third-order valence-corrected chi connectivity index (χ3v) is 8.49. The zero-order valence-electron chi connectivity index (χ0n) is 23.2. The predicted molar refractivity (Wildman–Crippen MR) is 152 cm³/mol. The highest BCUT2D eigenvalue weighted by Crippen LogP contribution is 2.30. The smallest absolute Gasteiger partial charge is 0.267 e. The topological polar surface area (TPSA) is 94.0 Å². The summed E-state index contributed by atoms with van der Waals surface area (Å²) in [6.45, 7) is 7.06. The van der Waals surface area contributed by atoms with Gasteiger partial charge >= 0.3 is 0 Å². The lowest BCUT2D eigenvalue weighted by Gasteiger charge is -2.39. The number of benzene rings is 2. The predicted octanol–water partition coefficient (Wildman–Crippen LogP) is 4.81. The standard InChI is InChI=1S/C31H36F2N4O4/c1-19(37-11-7-23(38)8-12-37)16-36-9-5-22(6-10-36)34-31(39)27-15-24-26(35-27)3-2-4-28(24)40-17-20-18-41-29-14-21(32)13-25(33)30(20)29/h2-4,13-15,18-19,22-23,35,38H,5-12,16-17H2,1H3,(H,34,39)/t19-/m0/s1. The number of aliphatic hydroxyl groups is 1. The Morgan fingerprint density at radius 1 is 1.15 bits per heavy atom. The van der Waals surface area contributed by atoms with Crippen LogP contribution in [0.4, 0.5) is 8.78 Å². The molecule has 2 saturated heterocycles. The molecule has 2 aromatic heterocycles. The fraction of sp³-hybridized carbons (Fsp3) is 0.452. The fourth-order valence-corrected chi connectivity index (χ4v) is 6.12. The summed E-state index contributed by atoms with van der Waals surface area (Å²) in [6.07, 6.45) is 4.70. The zero-order chi connectivity index (χ0) is 28.5. The molecule has 218 valence electrons. The van der Waals surface area contributed by atoms with Gasteiger partial charge in [-0.3, -0.25) is 9.69 Å². The van der Waals surface area contributed by atoms with E-state index in [1.807, 2.05) is 12.1 Å². The molecule has 10 heteroatoms. The third kappa shape index (κ3) is 6.10. The van der Waals surface area contributed by atoms with E-state index in [4.69, 9.17) is 9.15 Å². The van der Waals surface area contributed by atoms with Crippen LogP contribution in [-0.2, 0) is 6.61 Å². The van der Waals surface area contributed by atoms with E-state index in [0.717, 1.165) is 81.4 Å². The molecule has 4 aromatic rings. The number of ether oxygens (including phenoxy) is 1. The van der Waals surface area contributed by atoms with Gasteiger partial charge in [0.2, 0.25) is 0 Å². The Kier molecular flexibility index (Phi) is 7.96. The van der Waals surface area contributed by atoms with Crippen molar-refractivity contribution in [3.63, 3.8) is 0 Å². The summed E-state index contributed by atoms with van der Waals surface area (Å²) in [4.78, 5) is 21.3. The van der Waals surface area contributed by atoms with Gasteiger partial charge in [-0.2, -0.15) is 0 Å². The first-order valence-electron chi connectivity index (χ1n) is 14.4. The van der Waals surface area contributed by atoms with Crippen LogP contribution in [0.15, 0.2) is 47.1 Å². The molecule has 3 N–H and O–H groups in total. The van der Waals surface area contributed by atoms with Gasteiger partial charge in [-0.1, -0.05) is 6.07 Å². The molecule has 0 saturated carbocycles. The van der Waals surface area contributed by atoms with E-state index in [2.05, 4.69) is 27.0 Å². The Bertz CT molecular complexity index is 1520. The van der Waals surface area contributed by atoms with Crippen LogP contribution in [0.3, 0.4) is 0 Å². The lowest BCUT2D eigenvalue weighted by Crippen LogP contribution is -2.50. The Balaban J connectivity index is 1.04. The summed E-state index contributed by atoms with van der Waals surface area (Å²) in [7, 11) is 0. The van der Waals surface area contributed by atoms with Crippen LogP contribution < -0.4 is 10.1 Å². The van der Waals surface area contributed by atoms with E-state index < -0.39 is 11.6 Å². The number of H-pyrrole nitrogens is 1. The van der Waals surface area contributed by atoms with Crippen molar-refractivity contribution in [2.24, 2.45) is 0 Å². The number of likely N-dealkylation sites (tertiary alicyclic amines) is 2. The second-order valence-corrected chi connectivity index (χ2v) is 11.4. The second kappa shape index (κ2) is 11.8. The minimum atomic E-state index is -0.700. The number of amides is 1. The van der Waals surface area contributed by atoms with Crippen LogP contribution in [0, 0.1) is 11.6 Å². The number of hydrogen-bond acceptors (Lipinski definition) is 6. The molecular weight excluding hydrogens is 530 g/mol. The molecule has 1 amide bonds. The van der Waals surface area contributed by atoms with E-state index in [0.29, 0.717) is 23.0 Å². The van der Waals surface area contributed by atoms with Gasteiger partial charge in [0, 0.05) is 73.4 Å². The van der Waals surface area contributed by atoms with Crippen molar-refractivity contribution < 1.29 is 27.8 Å². The van der Waals surface area contributed by atoms with Crippen molar-refractivity contribution in [3.05, 3.63) is 65.6 Å². The van der Waals surface area contributed by atoms with Gasteiger partial charge in [-0.15, -0.1) is 0 Å². The number of aromatic amines is 1. The summed E-state index contributed by atoms with van der Waals surface area (Å²) in [5, 5.41) is 13.9. The van der Waals surface area contributed by atoms with Gasteiger partial charge in [0.15, 0.2) is 0 Å². The SMILES string of the molecule is C[C@@H](CN1CCC(NC(=O)c2cc3c(OCc4coc5cc(F)cc(F)c45)cccc3[nH]2)CC1)N1CCC(O)CC1. The summed E-state index contributed by atoms with van der Waals surface area (Å²) in [6, 6.07) is 9.79. The quantitative estimate of drug-likeness (QED) is 0.284. The molecule has 0 radical (unpaired) electrons. The third-order valence-electron chi connectivity index (χ3n) is 8.49. The van der Waals surface area contributed by atoms with Crippen molar-refractivity contribution in [3.8, 4) is 5.75 Å². The summed E-state index contributed by atoms with van der Waals surface area (Å²) < 4.78 is 39.2. The van der Waals surface area contributed by atoms with Gasteiger partial charge < -0.3 is 29.5 Å². The molecule has 1 atom stereocenters. The summed E-state index contributed by atoms with van der Waals surface area (Å²) in [5.41, 5.74) is 1.81. The number of fused-ring (bicyclic) bond motifs is 2. The molecule has 4 heterocycles. The van der Waals surface area contributed by atoms with Crippen molar-refractivity contribution >= 4 is 27.8 Å². The molecule has 2 aromatic carbocycles. The van der Waals surface area contributed by atoms with Gasteiger partial charge in [0.1, 0.15) is 35.3 Å². The first kappa shape index (κ1) is 27.7. The van der Waals surface area contributed by atoms with Crippen molar-refractivity contribution in [1.82, 2.24) is 20.1 Å². The van der Waals surface area contributed by atoms with Crippen LogP contribution >= 0.6 is 0 Å². The molecular formula is C31H36F2N4O4.